The van der Waals surface area contributed by atoms with Crippen molar-refractivity contribution in [3.05, 3.63) is 29.8 Å². The topological polar surface area (TPSA) is 33.3 Å². The Morgan fingerprint density at radius 1 is 1.05 bits per heavy atom. The van der Waals surface area contributed by atoms with Gasteiger partial charge >= 0.3 is 0 Å². The Balaban J connectivity index is 2.23. The van der Waals surface area contributed by atoms with Gasteiger partial charge in [-0.05, 0) is 52.3 Å². The largest absolute Gasteiger partial charge is 0.491 e. The Hall–Kier alpha value is -1.06. The highest BCUT2D eigenvalue weighted by molar-refractivity contribution is 5.27. The SMILES string of the molecule is CC(C)Oc1ccc(CNCCNC(C)(C)C)cc1. The number of rotatable bonds is 7. The van der Waals surface area contributed by atoms with E-state index in [1.54, 1.807) is 0 Å². The Labute approximate surface area is 117 Å². The Morgan fingerprint density at radius 3 is 2.21 bits per heavy atom. The summed E-state index contributed by atoms with van der Waals surface area (Å²) in [6.07, 6.45) is 0.229. The van der Waals surface area contributed by atoms with Gasteiger partial charge in [0.05, 0.1) is 6.10 Å². The molecule has 0 amide bonds. The maximum absolute atomic E-state index is 5.62. The van der Waals surface area contributed by atoms with E-state index in [9.17, 15) is 0 Å². The third kappa shape index (κ3) is 7.85. The average Bonchev–Trinajstić information content (AvgIpc) is 2.28. The zero-order valence-corrected chi connectivity index (χ0v) is 12.9. The monoisotopic (exact) mass is 264 g/mol. The smallest absolute Gasteiger partial charge is 0.119 e. The molecule has 0 saturated heterocycles. The molecule has 0 bridgehead atoms. The molecule has 0 aliphatic heterocycles. The molecule has 2 N–H and O–H groups in total. The minimum absolute atomic E-state index is 0.192. The number of ether oxygens (including phenoxy) is 1. The van der Waals surface area contributed by atoms with Crippen LogP contribution >= 0.6 is 0 Å². The van der Waals surface area contributed by atoms with Crippen LogP contribution in [0.5, 0.6) is 5.75 Å². The maximum atomic E-state index is 5.62. The van der Waals surface area contributed by atoms with Gasteiger partial charge in [-0.25, -0.2) is 0 Å². The van der Waals surface area contributed by atoms with Gasteiger partial charge in [-0.15, -0.1) is 0 Å². The lowest BCUT2D eigenvalue weighted by atomic mass is 10.1. The van der Waals surface area contributed by atoms with E-state index < -0.39 is 0 Å². The molecule has 0 aliphatic carbocycles. The second kappa shape index (κ2) is 7.51. The van der Waals surface area contributed by atoms with Gasteiger partial charge in [-0.2, -0.15) is 0 Å². The molecule has 1 aromatic carbocycles. The highest BCUT2D eigenvalue weighted by Crippen LogP contribution is 2.13. The van der Waals surface area contributed by atoms with Crippen LogP contribution in [0, 0.1) is 0 Å². The molecule has 3 heteroatoms. The van der Waals surface area contributed by atoms with Crippen molar-refractivity contribution in [3.8, 4) is 5.75 Å². The molecule has 3 nitrogen and oxygen atoms in total. The van der Waals surface area contributed by atoms with Crippen LogP contribution in [-0.2, 0) is 6.54 Å². The van der Waals surface area contributed by atoms with Crippen molar-refractivity contribution in [2.24, 2.45) is 0 Å². The van der Waals surface area contributed by atoms with E-state index in [4.69, 9.17) is 4.74 Å². The molecule has 0 unspecified atom stereocenters. The first kappa shape index (κ1) is 16.0. The van der Waals surface area contributed by atoms with E-state index >= 15 is 0 Å². The Kier molecular flexibility index (Phi) is 6.32. The summed E-state index contributed by atoms with van der Waals surface area (Å²) >= 11 is 0. The summed E-state index contributed by atoms with van der Waals surface area (Å²) in [5.41, 5.74) is 1.48. The molecule has 0 fully saturated rings. The van der Waals surface area contributed by atoms with Crippen LogP contribution < -0.4 is 15.4 Å². The first-order chi connectivity index (χ1) is 8.87. The van der Waals surface area contributed by atoms with Gasteiger partial charge in [-0.3, -0.25) is 0 Å². The number of benzene rings is 1. The van der Waals surface area contributed by atoms with Gasteiger partial charge in [0.15, 0.2) is 0 Å². The van der Waals surface area contributed by atoms with Crippen molar-refractivity contribution in [2.45, 2.75) is 52.8 Å². The van der Waals surface area contributed by atoms with Crippen molar-refractivity contribution in [3.63, 3.8) is 0 Å². The van der Waals surface area contributed by atoms with Crippen molar-refractivity contribution in [1.29, 1.82) is 0 Å². The summed E-state index contributed by atoms with van der Waals surface area (Å²) in [5.74, 6) is 0.938. The van der Waals surface area contributed by atoms with Crippen LogP contribution in [0.4, 0.5) is 0 Å². The minimum Gasteiger partial charge on any atom is -0.491 e. The first-order valence-electron chi connectivity index (χ1n) is 7.08. The molecule has 0 heterocycles. The molecule has 0 radical (unpaired) electrons. The van der Waals surface area contributed by atoms with Crippen molar-refractivity contribution in [2.75, 3.05) is 13.1 Å². The third-order valence-corrected chi connectivity index (χ3v) is 2.58. The van der Waals surface area contributed by atoms with Crippen molar-refractivity contribution < 1.29 is 4.74 Å². The predicted octanol–water partition coefficient (Wildman–Crippen LogP) is 2.95. The number of nitrogens with one attached hydrogen (secondary N) is 2. The van der Waals surface area contributed by atoms with Crippen LogP contribution in [0.3, 0.4) is 0 Å². The molecule has 19 heavy (non-hydrogen) atoms. The van der Waals surface area contributed by atoms with Crippen LogP contribution in [0.1, 0.15) is 40.2 Å². The van der Waals surface area contributed by atoms with E-state index in [-0.39, 0.29) is 11.6 Å². The summed E-state index contributed by atoms with van der Waals surface area (Å²) in [5, 5.41) is 6.89. The van der Waals surface area contributed by atoms with Gasteiger partial charge in [0, 0.05) is 25.2 Å². The Bertz CT molecular complexity index is 352. The number of hydrogen-bond acceptors (Lipinski definition) is 3. The fraction of sp³-hybridized carbons (Fsp3) is 0.625. The van der Waals surface area contributed by atoms with Crippen LogP contribution in [0.25, 0.3) is 0 Å². The van der Waals surface area contributed by atoms with Gasteiger partial charge in [0.1, 0.15) is 5.75 Å². The molecule has 0 aromatic heterocycles. The van der Waals surface area contributed by atoms with Crippen LogP contribution in [0.15, 0.2) is 24.3 Å². The summed E-state index contributed by atoms with van der Waals surface area (Å²) in [4.78, 5) is 0. The van der Waals surface area contributed by atoms with Crippen molar-refractivity contribution in [1.82, 2.24) is 10.6 Å². The van der Waals surface area contributed by atoms with Crippen molar-refractivity contribution >= 4 is 0 Å². The maximum Gasteiger partial charge on any atom is 0.119 e. The predicted molar refractivity (Wildman–Crippen MR) is 81.7 cm³/mol. The fourth-order valence-corrected chi connectivity index (χ4v) is 1.72. The molecule has 0 saturated carbocycles. The summed E-state index contributed by atoms with van der Waals surface area (Å²) < 4.78 is 5.62. The molecule has 0 atom stereocenters. The lowest BCUT2D eigenvalue weighted by Crippen LogP contribution is -2.40. The molecule has 0 spiro atoms. The highest BCUT2D eigenvalue weighted by atomic mass is 16.5. The standard InChI is InChI=1S/C16H28N2O/c1-13(2)19-15-8-6-14(7-9-15)12-17-10-11-18-16(3,4)5/h6-9,13,17-18H,10-12H2,1-5H3. The number of hydrogen-bond donors (Lipinski definition) is 2. The normalized spacial score (nSPS) is 11.9. The molecule has 0 aliphatic rings. The van der Waals surface area contributed by atoms with Gasteiger partial charge in [0.2, 0.25) is 0 Å². The molecular weight excluding hydrogens is 236 g/mol. The molecule has 1 aromatic rings. The lowest BCUT2D eigenvalue weighted by molar-refractivity contribution is 0.242. The molecule has 108 valence electrons. The first-order valence-corrected chi connectivity index (χ1v) is 7.08. The van der Waals surface area contributed by atoms with Gasteiger partial charge in [0.25, 0.3) is 0 Å². The zero-order valence-electron chi connectivity index (χ0n) is 12.9. The molecule has 1 rings (SSSR count). The van der Waals surface area contributed by atoms with Gasteiger partial charge < -0.3 is 15.4 Å². The zero-order chi connectivity index (χ0) is 14.3. The van der Waals surface area contributed by atoms with E-state index in [1.165, 1.54) is 5.56 Å². The van der Waals surface area contributed by atoms with E-state index in [0.717, 1.165) is 25.4 Å². The fourth-order valence-electron chi connectivity index (χ4n) is 1.72. The van der Waals surface area contributed by atoms with Crippen LogP contribution in [-0.4, -0.2) is 24.7 Å². The summed E-state index contributed by atoms with van der Waals surface area (Å²) in [6.45, 7) is 13.5. The summed E-state index contributed by atoms with van der Waals surface area (Å²) in [7, 11) is 0. The quantitative estimate of drug-likeness (QED) is 0.743. The van der Waals surface area contributed by atoms with E-state index in [2.05, 4.69) is 43.5 Å². The third-order valence-electron chi connectivity index (χ3n) is 2.58. The van der Waals surface area contributed by atoms with Gasteiger partial charge in [-0.1, -0.05) is 12.1 Å². The second-order valence-electron chi connectivity index (χ2n) is 6.16. The minimum atomic E-state index is 0.192. The molecular formula is C16H28N2O. The van der Waals surface area contributed by atoms with E-state index in [1.807, 2.05) is 26.0 Å². The van der Waals surface area contributed by atoms with E-state index in [0.29, 0.717) is 0 Å². The average molecular weight is 264 g/mol. The van der Waals surface area contributed by atoms with Crippen LogP contribution in [0.2, 0.25) is 0 Å². The summed E-state index contributed by atoms with van der Waals surface area (Å²) in [6, 6.07) is 8.29. The second-order valence-corrected chi connectivity index (χ2v) is 6.16. The lowest BCUT2D eigenvalue weighted by Gasteiger charge is -2.20. The highest BCUT2D eigenvalue weighted by Gasteiger charge is 2.06. The Morgan fingerprint density at radius 2 is 1.68 bits per heavy atom.